The van der Waals surface area contributed by atoms with Crippen LogP contribution in [0.25, 0.3) is 10.9 Å². The summed E-state index contributed by atoms with van der Waals surface area (Å²) in [6.07, 6.45) is 1.13. The van der Waals surface area contributed by atoms with Crippen molar-refractivity contribution in [1.82, 2.24) is 10.3 Å². The Morgan fingerprint density at radius 2 is 2.00 bits per heavy atom. The maximum atomic E-state index is 13.8. The number of fused-ring (bicyclic) bond motifs is 1. The average molecular weight is 346 g/mol. The van der Waals surface area contributed by atoms with E-state index in [9.17, 15) is 14.3 Å². The van der Waals surface area contributed by atoms with Crippen LogP contribution in [0.5, 0.6) is 5.75 Å². The lowest BCUT2D eigenvalue weighted by atomic mass is 10.1. The Balaban J connectivity index is 1.87. The van der Waals surface area contributed by atoms with Crippen molar-refractivity contribution in [3.63, 3.8) is 0 Å². The molecule has 1 amide bonds. The molecule has 3 rings (SSSR count). The van der Waals surface area contributed by atoms with Crippen LogP contribution in [0.3, 0.4) is 0 Å². The van der Waals surface area contributed by atoms with Crippen LogP contribution in [0.1, 0.15) is 15.9 Å². The average Bonchev–Trinajstić information content (AvgIpc) is 2.55. The summed E-state index contributed by atoms with van der Waals surface area (Å²) in [7, 11) is 0. The number of rotatable bonds is 3. The van der Waals surface area contributed by atoms with Gasteiger partial charge in [0.2, 0.25) is 0 Å². The van der Waals surface area contributed by atoms with E-state index in [2.05, 4.69) is 10.3 Å². The molecule has 7 heteroatoms. The van der Waals surface area contributed by atoms with Crippen molar-refractivity contribution in [3.05, 3.63) is 64.6 Å². The number of nitrogens with zero attached hydrogens (tertiary/aromatic N) is 1. The molecule has 1 heterocycles. The number of hydrogen-bond acceptors (Lipinski definition) is 4. The molecule has 1 aromatic heterocycles. The molecule has 0 saturated heterocycles. The van der Waals surface area contributed by atoms with Gasteiger partial charge in [-0.05, 0) is 29.8 Å². The third-order valence-corrected chi connectivity index (χ3v) is 3.78. The number of nitrogens with two attached hydrogens (primary N) is 1. The van der Waals surface area contributed by atoms with E-state index in [1.807, 2.05) is 0 Å². The van der Waals surface area contributed by atoms with Gasteiger partial charge in [-0.3, -0.25) is 9.78 Å². The first-order chi connectivity index (χ1) is 11.5. The lowest BCUT2D eigenvalue weighted by Gasteiger charge is -2.09. The second-order valence-electron chi connectivity index (χ2n) is 5.23. The van der Waals surface area contributed by atoms with Gasteiger partial charge in [-0.25, -0.2) is 4.39 Å². The first-order valence-corrected chi connectivity index (χ1v) is 7.43. The highest BCUT2D eigenvalue weighted by atomic mass is 35.5. The predicted octanol–water partition coefficient (Wildman–Crippen LogP) is 3.25. The van der Waals surface area contributed by atoms with Crippen molar-refractivity contribution in [2.45, 2.75) is 6.54 Å². The summed E-state index contributed by atoms with van der Waals surface area (Å²) in [4.78, 5) is 16.2. The first kappa shape index (κ1) is 16.0. The van der Waals surface area contributed by atoms with E-state index in [-0.39, 0.29) is 34.4 Å². The number of nitrogen functional groups attached to an aromatic ring is 1. The molecule has 0 bridgehead atoms. The van der Waals surface area contributed by atoms with E-state index in [1.165, 1.54) is 6.07 Å². The number of carbonyl (C=O) groups is 1. The highest BCUT2D eigenvalue weighted by molar-refractivity contribution is 6.30. The number of nitrogens with one attached hydrogen (secondary N) is 1. The Bertz CT molecular complexity index is 929. The number of halogens is 2. The van der Waals surface area contributed by atoms with Crippen LogP contribution in [0.4, 0.5) is 10.1 Å². The maximum absolute atomic E-state index is 13.8. The number of amides is 1. The van der Waals surface area contributed by atoms with Crippen LogP contribution in [-0.2, 0) is 6.54 Å². The predicted molar refractivity (Wildman–Crippen MR) is 90.4 cm³/mol. The van der Waals surface area contributed by atoms with Gasteiger partial charge in [0.15, 0.2) is 5.82 Å². The minimum absolute atomic E-state index is 0.0454. The zero-order valence-electron chi connectivity index (χ0n) is 12.4. The minimum Gasteiger partial charge on any atom is -0.506 e. The van der Waals surface area contributed by atoms with Crippen molar-refractivity contribution < 1.29 is 14.3 Å². The lowest BCUT2D eigenvalue weighted by Crippen LogP contribution is -2.23. The fourth-order valence-electron chi connectivity index (χ4n) is 2.31. The Hall–Kier alpha value is -2.86. The summed E-state index contributed by atoms with van der Waals surface area (Å²) in [5.74, 6) is -1.55. The van der Waals surface area contributed by atoms with Crippen molar-refractivity contribution in [2.75, 3.05) is 5.73 Å². The van der Waals surface area contributed by atoms with Gasteiger partial charge in [0, 0.05) is 28.8 Å². The summed E-state index contributed by atoms with van der Waals surface area (Å²) in [6, 6.07) is 9.45. The Kier molecular flexibility index (Phi) is 4.22. The summed E-state index contributed by atoms with van der Waals surface area (Å²) >= 11 is 5.80. The minimum atomic E-state index is -0.659. The Labute approximate surface area is 141 Å². The zero-order chi connectivity index (χ0) is 17.3. The van der Waals surface area contributed by atoms with Gasteiger partial charge in [0.05, 0.1) is 0 Å². The van der Waals surface area contributed by atoms with Crippen molar-refractivity contribution >= 4 is 34.1 Å². The van der Waals surface area contributed by atoms with Crippen LogP contribution < -0.4 is 11.1 Å². The lowest BCUT2D eigenvalue weighted by molar-refractivity contribution is 0.0948. The molecule has 0 unspecified atom stereocenters. The van der Waals surface area contributed by atoms with E-state index in [4.69, 9.17) is 17.3 Å². The fraction of sp³-hybridized carbons (Fsp3) is 0.0588. The molecule has 4 N–H and O–H groups in total. The monoisotopic (exact) mass is 345 g/mol. The quantitative estimate of drug-likeness (QED) is 0.636. The second-order valence-corrected chi connectivity index (χ2v) is 5.66. The molecular formula is C17H13ClFN3O2. The second kappa shape index (κ2) is 6.33. The summed E-state index contributed by atoms with van der Waals surface area (Å²) in [6.45, 7) is 0.249. The molecule has 0 saturated carbocycles. The van der Waals surface area contributed by atoms with Crippen molar-refractivity contribution in [3.8, 4) is 5.75 Å². The van der Waals surface area contributed by atoms with Crippen LogP contribution in [0.15, 0.2) is 42.6 Å². The largest absolute Gasteiger partial charge is 0.506 e. The highest BCUT2D eigenvalue weighted by Crippen LogP contribution is 2.30. The first-order valence-electron chi connectivity index (χ1n) is 7.05. The van der Waals surface area contributed by atoms with Gasteiger partial charge in [0.1, 0.15) is 16.8 Å². The van der Waals surface area contributed by atoms with Crippen molar-refractivity contribution in [1.29, 1.82) is 0 Å². The topological polar surface area (TPSA) is 88.2 Å². The summed E-state index contributed by atoms with van der Waals surface area (Å²) in [5.41, 5.74) is 6.46. The molecule has 3 aromatic rings. The third-order valence-electron chi connectivity index (χ3n) is 3.53. The van der Waals surface area contributed by atoms with E-state index >= 15 is 0 Å². The normalized spacial score (nSPS) is 10.8. The molecule has 5 nitrogen and oxygen atoms in total. The van der Waals surface area contributed by atoms with Gasteiger partial charge in [0.25, 0.3) is 5.91 Å². The van der Waals surface area contributed by atoms with E-state index in [1.54, 1.807) is 24.3 Å². The smallest absolute Gasteiger partial charge is 0.256 e. The number of aromatic hydroxyl groups is 1. The third kappa shape index (κ3) is 3.09. The molecule has 0 radical (unpaired) electrons. The SMILES string of the molecule is Nc1cc(F)c2ncc(C(=O)NCc3ccc(Cl)cc3)c(O)c2c1. The highest BCUT2D eigenvalue weighted by Gasteiger charge is 2.17. The van der Waals surface area contributed by atoms with Gasteiger partial charge < -0.3 is 16.2 Å². The number of anilines is 1. The summed E-state index contributed by atoms with van der Waals surface area (Å²) in [5, 5.41) is 13.6. The molecular weight excluding hydrogens is 333 g/mol. The molecule has 0 atom stereocenters. The molecule has 0 aliphatic rings. The number of aromatic nitrogens is 1. The molecule has 2 aromatic carbocycles. The Morgan fingerprint density at radius 3 is 2.71 bits per heavy atom. The van der Waals surface area contributed by atoms with Crippen LogP contribution in [0, 0.1) is 5.82 Å². The number of pyridine rings is 1. The van der Waals surface area contributed by atoms with Gasteiger partial charge >= 0.3 is 0 Å². The van der Waals surface area contributed by atoms with Crippen molar-refractivity contribution in [2.24, 2.45) is 0 Å². The zero-order valence-corrected chi connectivity index (χ0v) is 13.1. The molecule has 0 aliphatic heterocycles. The molecule has 0 aliphatic carbocycles. The van der Waals surface area contributed by atoms with Gasteiger partial charge in [-0.1, -0.05) is 23.7 Å². The molecule has 0 spiro atoms. The molecule has 0 fully saturated rings. The number of carbonyl (C=O) groups excluding carboxylic acids is 1. The molecule has 24 heavy (non-hydrogen) atoms. The van der Waals surface area contributed by atoms with E-state index < -0.39 is 11.7 Å². The maximum Gasteiger partial charge on any atom is 0.256 e. The standard InChI is InChI=1S/C17H13ClFN3O2/c18-10-3-1-9(2-4-10)7-22-17(24)13-8-21-15-12(16(13)23)5-11(20)6-14(15)19/h1-6,8H,7,20H2,(H,21,23)(H,22,24). The summed E-state index contributed by atoms with van der Waals surface area (Å²) < 4.78 is 13.8. The van der Waals surface area contributed by atoms with E-state index in [0.717, 1.165) is 17.8 Å². The number of benzene rings is 2. The van der Waals surface area contributed by atoms with Crippen LogP contribution in [0.2, 0.25) is 5.02 Å². The van der Waals surface area contributed by atoms with Crippen LogP contribution in [-0.4, -0.2) is 16.0 Å². The van der Waals surface area contributed by atoms with Crippen LogP contribution >= 0.6 is 11.6 Å². The molecule has 122 valence electrons. The van der Waals surface area contributed by atoms with Gasteiger partial charge in [-0.15, -0.1) is 0 Å². The van der Waals surface area contributed by atoms with Gasteiger partial charge in [-0.2, -0.15) is 0 Å². The fourth-order valence-corrected chi connectivity index (χ4v) is 2.44. The Morgan fingerprint density at radius 1 is 1.29 bits per heavy atom. The number of hydrogen-bond donors (Lipinski definition) is 3. The van der Waals surface area contributed by atoms with E-state index in [0.29, 0.717) is 5.02 Å².